The number of para-hydroxylation sites is 2. The van der Waals surface area contributed by atoms with Crippen LogP contribution in [-0.2, 0) is 12.8 Å². The topological polar surface area (TPSA) is 107 Å². The second-order valence-electron chi connectivity index (χ2n) is 8.28. The predicted octanol–water partition coefficient (Wildman–Crippen LogP) is 5.60. The molecule has 0 spiro atoms. The molecule has 0 saturated carbocycles. The molecule has 0 aliphatic heterocycles. The van der Waals surface area contributed by atoms with Gasteiger partial charge in [0.05, 0.1) is 7.11 Å². The van der Waals surface area contributed by atoms with Crippen molar-refractivity contribution in [2.45, 2.75) is 12.8 Å². The molecule has 4 rings (SSSR count). The van der Waals surface area contributed by atoms with Crippen molar-refractivity contribution < 1.29 is 30.0 Å². The van der Waals surface area contributed by atoms with E-state index in [9.17, 15) is 25.2 Å². The van der Waals surface area contributed by atoms with Crippen LogP contribution in [0.3, 0.4) is 0 Å². The van der Waals surface area contributed by atoms with Gasteiger partial charge in [-0.2, -0.15) is 0 Å². The molecule has 36 heavy (non-hydrogen) atoms. The van der Waals surface area contributed by atoms with E-state index in [0.717, 1.165) is 5.56 Å². The molecule has 0 atom stereocenters. The van der Waals surface area contributed by atoms with Gasteiger partial charge in [0.1, 0.15) is 34.3 Å². The van der Waals surface area contributed by atoms with Gasteiger partial charge in [0.25, 0.3) is 0 Å². The zero-order valence-corrected chi connectivity index (χ0v) is 19.7. The highest BCUT2D eigenvalue weighted by Gasteiger charge is 2.28. The van der Waals surface area contributed by atoms with E-state index >= 15 is 0 Å². The number of phenols is 4. The molecule has 4 N–H and O–H groups in total. The number of aromatic hydroxyl groups is 4. The molecule has 0 bridgehead atoms. The van der Waals surface area contributed by atoms with Gasteiger partial charge >= 0.3 is 0 Å². The van der Waals surface area contributed by atoms with Gasteiger partial charge in [-0.3, -0.25) is 4.79 Å². The van der Waals surface area contributed by atoms with Crippen LogP contribution in [0.1, 0.15) is 38.2 Å². The largest absolute Gasteiger partial charge is 0.508 e. The lowest BCUT2D eigenvalue weighted by atomic mass is 9.90. The summed E-state index contributed by atoms with van der Waals surface area (Å²) in [6.07, 6.45) is 2.96. The molecule has 6 nitrogen and oxygen atoms in total. The maximum Gasteiger partial charge on any atom is 0.193 e. The fourth-order valence-corrected chi connectivity index (χ4v) is 4.12. The number of carbonyl (C=O) groups excluding carboxylic acids is 1. The summed E-state index contributed by atoms with van der Waals surface area (Å²) in [7, 11) is 1.35. The van der Waals surface area contributed by atoms with E-state index < -0.39 is 11.5 Å². The van der Waals surface area contributed by atoms with Gasteiger partial charge in [-0.15, -0.1) is 0 Å². The van der Waals surface area contributed by atoms with E-state index in [1.54, 1.807) is 42.5 Å². The first-order valence-corrected chi connectivity index (χ1v) is 11.4. The molecule has 0 aromatic heterocycles. The molecule has 0 radical (unpaired) electrons. The van der Waals surface area contributed by atoms with Crippen molar-refractivity contribution in [3.05, 3.63) is 118 Å². The number of rotatable bonds is 8. The molecule has 6 heteroatoms. The molecule has 182 valence electrons. The summed E-state index contributed by atoms with van der Waals surface area (Å²) in [5.41, 5.74) is 1.95. The van der Waals surface area contributed by atoms with Crippen molar-refractivity contribution >= 4 is 11.9 Å². The molecule has 0 aliphatic rings. The first-order valence-electron chi connectivity index (χ1n) is 11.4. The van der Waals surface area contributed by atoms with Crippen molar-refractivity contribution in [1.82, 2.24) is 0 Å². The van der Waals surface area contributed by atoms with Crippen molar-refractivity contribution in [2.24, 2.45) is 0 Å². The van der Waals surface area contributed by atoms with Gasteiger partial charge in [-0.1, -0.05) is 72.8 Å². The number of hydrogen-bond acceptors (Lipinski definition) is 6. The maximum atomic E-state index is 13.4. The third-order valence-corrected chi connectivity index (χ3v) is 5.99. The summed E-state index contributed by atoms with van der Waals surface area (Å²) in [6.45, 7) is 0. The highest BCUT2D eigenvalue weighted by molar-refractivity contribution is 6.11. The van der Waals surface area contributed by atoms with Crippen molar-refractivity contribution in [3.63, 3.8) is 0 Å². The maximum absolute atomic E-state index is 13.4. The summed E-state index contributed by atoms with van der Waals surface area (Å²) in [5.74, 6) is -1.21. The Hall–Kier alpha value is -4.71. The SMILES string of the molecule is COc1c(Cc2ccccc2O)c(O)c(Cc2ccccc2O)c(O)c1C(=O)/C=C/c1ccccc1. The molecule has 4 aromatic carbocycles. The van der Waals surface area contributed by atoms with E-state index in [4.69, 9.17) is 4.74 Å². The van der Waals surface area contributed by atoms with Crippen LogP contribution < -0.4 is 4.74 Å². The number of ketones is 1. The zero-order valence-electron chi connectivity index (χ0n) is 19.7. The number of methoxy groups -OCH3 is 1. The minimum Gasteiger partial charge on any atom is -0.508 e. The Labute approximate surface area is 209 Å². The average Bonchev–Trinajstić information content (AvgIpc) is 2.89. The highest BCUT2D eigenvalue weighted by atomic mass is 16.5. The molecule has 0 unspecified atom stereocenters. The lowest BCUT2D eigenvalue weighted by Gasteiger charge is -2.20. The lowest BCUT2D eigenvalue weighted by molar-refractivity contribution is 0.104. The number of carbonyl (C=O) groups is 1. The third-order valence-electron chi connectivity index (χ3n) is 5.99. The normalized spacial score (nSPS) is 11.0. The monoisotopic (exact) mass is 482 g/mol. The average molecular weight is 483 g/mol. The first-order chi connectivity index (χ1) is 17.4. The molecular formula is C30H26O6. The fourth-order valence-electron chi connectivity index (χ4n) is 4.12. The van der Waals surface area contributed by atoms with Crippen LogP contribution >= 0.6 is 0 Å². The zero-order chi connectivity index (χ0) is 25.7. The Kier molecular flexibility index (Phi) is 7.25. The van der Waals surface area contributed by atoms with Gasteiger partial charge in [0.2, 0.25) is 0 Å². The summed E-state index contributed by atoms with van der Waals surface area (Å²) < 4.78 is 5.55. The van der Waals surface area contributed by atoms with E-state index in [0.29, 0.717) is 11.1 Å². The summed E-state index contributed by atoms with van der Waals surface area (Å²) >= 11 is 0. The van der Waals surface area contributed by atoms with Gasteiger partial charge in [0, 0.05) is 24.0 Å². The first kappa shape index (κ1) is 24.4. The minimum absolute atomic E-state index is 0.00813. The highest BCUT2D eigenvalue weighted by Crippen LogP contribution is 2.46. The van der Waals surface area contributed by atoms with Crippen LogP contribution in [0, 0.1) is 0 Å². The van der Waals surface area contributed by atoms with Crippen LogP contribution in [0.25, 0.3) is 6.08 Å². The smallest absolute Gasteiger partial charge is 0.193 e. The van der Waals surface area contributed by atoms with Gasteiger partial charge in [-0.05, 0) is 34.9 Å². The Bertz CT molecular complexity index is 1420. The predicted molar refractivity (Wildman–Crippen MR) is 138 cm³/mol. The molecule has 0 amide bonds. The Morgan fingerprint density at radius 2 is 1.25 bits per heavy atom. The van der Waals surface area contributed by atoms with E-state index in [-0.39, 0.29) is 52.5 Å². The summed E-state index contributed by atoms with van der Waals surface area (Å²) in [5, 5.41) is 43.1. The number of benzene rings is 4. The fraction of sp³-hybridized carbons (Fsp3) is 0.100. The molecule has 0 fully saturated rings. The Morgan fingerprint density at radius 3 is 1.81 bits per heavy atom. The number of phenolic OH excluding ortho intramolecular Hbond substituents is 4. The Morgan fingerprint density at radius 1 is 0.722 bits per heavy atom. The summed E-state index contributed by atoms with van der Waals surface area (Å²) in [6, 6.07) is 22.4. The van der Waals surface area contributed by atoms with Crippen LogP contribution in [0.5, 0.6) is 28.7 Å². The second-order valence-corrected chi connectivity index (χ2v) is 8.28. The molecule has 4 aromatic rings. The van der Waals surface area contributed by atoms with E-state index in [1.165, 1.54) is 25.3 Å². The van der Waals surface area contributed by atoms with Gasteiger partial charge < -0.3 is 25.2 Å². The molecule has 0 heterocycles. The van der Waals surface area contributed by atoms with Crippen LogP contribution in [0.4, 0.5) is 0 Å². The molecule has 0 saturated heterocycles. The van der Waals surface area contributed by atoms with Crippen molar-refractivity contribution in [3.8, 4) is 28.7 Å². The van der Waals surface area contributed by atoms with Gasteiger partial charge in [-0.25, -0.2) is 0 Å². The number of allylic oxidation sites excluding steroid dienone is 1. The minimum atomic E-state index is -0.523. The van der Waals surface area contributed by atoms with Crippen molar-refractivity contribution in [1.29, 1.82) is 0 Å². The van der Waals surface area contributed by atoms with Crippen molar-refractivity contribution in [2.75, 3.05) is 7.11 Å². The van der Waals surface area contributed by atoms with E-state index in [1.807, 2.05) is 30.3 Å². The quantitative estimate of drug-likeness (QED) is 0.193. The van der Waals surface area contributed by atoms with Gasteiger partial charge in [0.15, 0.2) is 5.78 Å². The third kappa shape index (κ3) is 5.03. The van der Waals surface area contributed by atoms with Crippen LogP contribution in [0.2, 0.25) is 0 Å². The second kappa shape index (κ2) is 10.7. The summed E-state index contributed by atoms with van der Waals surface area (Å²) in [4.78, 5) is 13.4. The Balaban J connectivity index is 1.89. The standard InChI is InChI=1S/C30H26O6/c1-36-30-23(18-21-12-6-8-14-25(21)32)28(34)22(17-20-11-5-7-13-24(20)31)29(35)27(30)26(33)16-15-19-9-3-2-4-10-19/h2-16,31-32,34-35H,17-18H2,1H3/b16-15+. The number of hydrogen-bond donors (Lipinski definition) is 4. The molecule has 0 aliphatic carbocycles. The van der Waals surface area contributed by atoms with Crippen LogP contribution in [-0.4, -0.2) is 33.3 Å². The lowest BCUT2D eigenvalue weighted by Crippen LogP contribution is -2.07. The van der Waals surface area contributed by atoms with Crippen LogP contribution in [0.15, 0.2) is 84.9 Å². The number of ether oxygens (including phenoxy) is 1. The molecular weight excluding hydrogens is 456 g/mol. The van der Waals surface area contributed by atoms with E-state index in [2.05, 4.69) is 0 Å².